The second kappa shape index (κ2) is 7.03. The third-order valence-corrected chi connectivity index (χ3v) is 6.79. The van der Waals surface area contributed by atoms with Crippen molar-refractivity contribution in [2.75, 3.05) is 10.0 Å². The highest BCUT2D eigenvalue weighted by Gasteiger charge is 2.16. The number of sulfonamides is 1. The first-order chi connectivity index (χ1) is 11.8. The zero-order valence-electron chi connectivity index (χ0n) is 13.6. The van der Waals surface area contributed by atoms with Crippen LogP contribution in [0.4, 0.5) is 17.2 Å². The van der Waals surface area contributed by atoms with Crippen LogP contribution >= 0.6 is 22.9 Å². The molecule has 2 aromatic heterocycles. The first kappa shape index (κ1) is 17.7. The standard InChI is InChI=1S/C17H16ClN3O2S2/c1-11-6-9-17(24-11)25(22,23)21-16-8-7-13(10-19-16)20-15-5-3-4-14(18)12(15)2/h3-10,20H,1-2H3,(H,19,21). The van der Waals surface area contributed by atoms with E-state index in [9.17, 15) is 8.42 Å². The SMILES string of the molecule is Cc1ccc(S(=O)(=O)Nc2ccc(Nc3cccc(Cl)c3C)cn2)s1. The summed E-state index contributed by atoms with van der Waals surface area (Å²) >= 11 is 7.33. The van der Waals surface area contributed by atoms with Gasteiger partial charge in [-0.3, -0.25) is 4.72 Å². The molecule has 0 spiro atoms. The van der Waals surface area contributed by atoms with E-state index in [0.717, 1.165) is 21.8 Å². The molecule has 0 aliphatic rings. The summed E-state index contributed by atoms with van der Waals surface area (Å²) < 4.78 is 27.4. The molecule has 0 saturated carbocycles. The maximum Gasteiger partial charge on any atom is 0.272 e. The Morgan fingerprint density at radius 3 is 2.52 bits per heavy atom. The number of benzene rings is 1. The Kier molecular flexibility index (Phi) is 4.99. The lowest BCUT2D eigenvalue weighted by atomic mass is 10.2. The van der Waals surface area contributed by atoms with Crippen molar-refractivity contribution in [1.29, 1.82) is 0 Å². The molecule has 0 atom stereocenters. The minimum absolute atomic E-state index is 0.263. The molecule has 0 saturated heterocycles. The summed E-state index contributed by atoms with van der Waals surface area (Å²) in [5.74, 6) is 0.263. The van der Waals surface area contributed by atoms with Crippen molar-refractivity contribution < 1.29 is 8.42 Å². The summed E-state index contributed by atoms with van der Waals surface area (Å²) in [4.78, 5) is 5.10. The van der Waals surface area contributed by atoms with E-state index in [4.69, 9.17) is 11.6 Å². The number of anilines is 3. The lowest BCUT2D eigenvalue weighted by Gasteiger charge is -2.11. The van der Waals surface area contributed by atoms with Gasteiger partial charge in [0, 0.05) is 15.6 Å². The number of hydrogen-bond acceptors (Lipinski definition) is 5. The highest BCUT2D eigenvalue weighted by Crippen LogP contribution is 2.27. The molecule has 0 bridgehead atoms. The van der Waals surface area contributed by atoms with Crippen molar-refractivity contribution >= 4 is 50.2 Å². The van der Waals surface area contributed by atoms with E-state index < -0.39 is 10.0 Å². The summed E-state index contributed by atoms with van der Waals surface area (Å²) in [5.41, 5.74) is 2.54. The number of nitrogens with one attached hydrogen (secondary N) is 2. The van der Waals surface area contributed by atoms with E-state index in [1.54, 1.807) is 30.5 Å². The van der Waals surface area contributed by atoms with Gasteiger partial charge in [-0.15, -0.1) is 11.3 Å². The smallest absolute Gasteiger partial charge is 0.272 e. The quantitative estimate of drug-likeness (QED) is 0.642. The monoisotopic (exact) mass is 393 g/mol. The maximum absolute atomic E-state index is 12.3. The molecular formula is C17H16ClN3O2S2. The molecule has 3 aromatic rings. The Bertz CT molecular complexity index is 999. The molecule has 0 aliphatic heterocycles. The number of thiophene rings is 1. The van der Waals surface area contributed by atoms with Crippen molar-refractivity contribution in [3.8, 4) is 0 Å². The fraction of sp³-hybridized carbons (Fsp3) is 0.118. The summed E-state index contributed by atoms with van der Waals surface area (Å²) in [6.45, 7) is 3.78. The number of hydrogen-bond donors (Lipinski definition) is 2. The van der Waals surface area contributed by atoms with Crippen LogP contribution in [0.3, 0.4) is 0 Å². The maximum atomic E-state index is 12.3. The van der Waals surface area contributed by atoms with Gasteiger partial charge in [0.1, 0.15) is 10.0 Å². The molecule has 8 heteroatoms. The van der Waals surface area contributed by atoms with E-state index in [2.05, 4.69) is 15.0 Å². The van der Waals surface area contributed by atoms with Gasteiger partial charge < -0.3 is 5.32 Å². The molecule has 1 aromatic carbocycles. The van der Waals surface area contributed by atoms with Crippen molar-refractivity contribution in [3.63, 3.8) is 0 Å². The number of aryl methyl sites for hydroxylation is 1. The van der Waals surface area contributed by atoms with Crippen LogP contribution in [0.15, 0.2) is 52.9 Å². The summed E-state index contributed by atoms with van der Waals surface area (Å²) in [6.07, 6.45) is 1.57. The number of pyridine rings is 1. The van der Waals surface area contributed by atoms with E-state index in [1.807, 2.05) is 32.0 Å². The lowest BCUT2D eigenvalue weighted by Crippen LogP contribution is -2.12. The predicted octanol–water partition coefficient (Wildman–Crippen LogP) is 4.96. The molecule has 5 nitrogen and oxygen atoms in total. The van der Waals surface area contributed by atoms with Crippen LogP contribution in [-0.4, -0.2) is 13.4 Å². The third kappa shape index (κ3) is 4.12. The Morgan fingerprint density at radius 1 is 1.08 bits per heavy atom. The minimum Gasteiger partial charge on any atom is -0.354 e. The van der Waals surface area contributed by atoms with Gasteiger partial charge in [0.25, 0.3) is 10.0 Å². The minimum atomic E-state index is -3.61. The summed E-state index contributed by atoms with van der Waals surface area (Å²) in [7, 11) is -3.61. The van der Waals surface area contributed by atoms with Gasteiger partial charge in [0.15, 0.2) is 0 Å². The second-order valence-corrected chi connectivity index (χ2v) is 9.04. The number of halogens is 1. The molecule has 25 heavy (non-hydrogen) atoms. The molecule has 2 N–H and O–H groups in total. The zero-order chi connectivity index (χ0) is 18.0. The van der Waals surface area contributed by atoms with E-state index >= 15 is 0 Å². The van der Waals surface area contributed by atoms with Gasteiger partial charge in [-0.1, -0.05) is 17.7 Å². The molecule has 0 amide bonds. The number of nitrogens with zero attached hydrogens (tertiary/aromatic N) is 1. The van der Waals surface area contributed by atoms with E-state index in [1.165, 1.54) is 11.3 Å². The van der Waals surface area contributed by atoms with Crippen molar-refractivity contribution in [1.82, 2.24) is 4.98 Å². The first-order valence-electron chi connectivity index (χ1n) is 7.42. The van der Waals surface area contributed by atoms with Crippen LogP contribution in [0.25, 0.3) is 0 Å². The third-order valence-electron chi connectivity index (χ3n) is 3.53. The fourth-order valence-corrected chi connectivity index (χ4v) is 4.64. The molecule has 0 fully saturated rings. The second-order valence-electron chi connectivity index (χ2n) is 5.44. The molecular weight excluding hydrogens is 378 g/mol. The van der Waals surface area contributed by atoms with E-state index in [-0.39, 0.29) is 10.0 Å². The molecule has 130 valence electrons. The highest BCUT2D eigenvalue weighted by atomic mass is 35.5. The molecule has 0 unspecified atom stereocenters. The Morgan fingerprint density at radius 2 is 1.88 bits per heavy atom. The van der Waals surface area contributed by atoms with Crippen molar-refractivity contribution in [2.45, 2.75) is 18.1 Å². The normalized spacial score (nSPS) is 11.3. The zero-order valence-corrected chi connectivity index (χ0v) is 16.0. The Hall–Kier alpha value is -2.09. The van der Waals surface area contributed by atoms with Crippen LogP contribution in [0.1, 0.15) is 10.4 Å². The van der Waals surface area contributed by atoms with Gasteiger partial charge in [0.05, 0.1) is 11.9 Å². The van der Waals surface area contributed by atoms with Gasteiger partial charge in [-0.25, -0.2) is 13.4 Å². The molecule has 2 heterocycles. The van der Waals surface area contributed by atoms with Gasteiger partial charge in [-0.05, 0) is 55.8 Å². The van der Waals surface area contributed by atoms with Crippen LogP contribution in [0.5, 0.6) is 0 Å². The average Bonchev–Trinajstić information content (AvgIpc) is 3.01. The van der Waals surface area contributed by atoms with Crippen molar-refractivity contribution in [3.05, 3.63) is 64.1 Å². The molecule has 0 aliphatic carbocycles. The highest BCUT2D eigenvalue weighted by molar-refractivity contribution is 7.94. The van der Waals surface area contributed by atoms with Crippen LogP contribution in [-0.2, 0) is 10.0 Å². The van der Waals surface area contributed by atoms with E-state index in [0.29, 0.717) is 5.02 Å². The lowest BCUT2D eigenvalue weighted by molar-refractivity contribution is 0.603. The van der Waals surface area contributed by atoms with Gasteiger partial charge in [-0.2, -0.15) is 0 Å². The first-order valence-corrected chi connectivity index (χ1v) is 10.1. The topological polar surface area (TPSA) is 71.1 Å². The number of aromatic nitrogens is 1. The van der Waals surface area contributed by atoms with Crippen LogP contribution in [0.2, 0.25) is 5.02 Å². The fourth-order valence-electron chi connectivity index (χ4n) is 2.17. The average molecular weight is 394 g/mol. The largest absolute Gasteiger partial charge is 0.354 e. The summed E-state index contributed by atoms with van der Waals surface area (Å²) in [5, 5.41) is 3.89. The molecule has 0 radical (unpaired) electrons. The van der Waals surface area contributed by atoms with Gasteiger partial charge in [0.2, 0.25) is 0 Å². The Labute approximate surface area is 155 Å². The number of rotatable bonds is 5. The Balaban J connectivity index is 1.75. The van der Waals surface area contributed by atoms with Crippen molar-refractivity contribution in [2.24, 2.45) is 0 Å². The molecule has 3 rings (SSSR count). The van der Waals surface area contributed by atoms with Crippen LogP contribution in [0, 0.1) is 13.8 Å². The summed E-state index contributed by atoms with van der Waals surface area (Å²) in [6, 6.07) is 12.3. The van der Waals surface area contributed by atoms with Crippen LogP contribution < -0.4 is 10.0 Å². The predicted molar refractivity (Wildman–Crippen MR) is 104 cm³/mol. The van der Waals surface area contributed by atoms with Gasteiger partial charge >= 0.3 is 0 Å².